The highest BCUT2D eigenvalue weighted by Crippen LogP contribution is 2.53. The molecule has 6 N–H and O–H groups in total. The predicted octanol–water partition coefficient (Wildman–Crippen LogP) is 10.0. The molecule has 12 rings (SSSR count). The number of hydrogen-bond acceptors (Lipinski definition) is 27. The lowest BCUT2D eigenvalue weighted by Gasteiger charge is -2.36. The number of nitrogen functional groups attached to an aromatic ring is 1. The third kappa shape index (κ3) is 17.8. The van der Waals surface area contributed by atoms with E-state index in [1.54, 1.807) is 67.4 Å². The summed E-state index contributed by atoms with van der Waals surface area (Å²) < 4.78 is 114. The van der Waals surface area contributed by atoms with Crippen molar-refractivity contribution in [3.8, 4) is 0 Å². The van der Waals surface area contributed by atoms with Gasteiger partial charge in [0.05, 0.1) is 110 Å². The first-order valence-electron chi connectivity index (χ1n) is 32.3. The number of carbonyl (C=O) groups is 2. The number of benzene rings is 4. The average molecular weight is 1490 g/mol. The van der Waals surface area contributed by atoms with Crippen LogP contribution in [0.15, 0.2) is 98.8 Å². The molecule has 4 fully saturated rings. The van der Waals surface area contributed by atoms with Gasteiger partial charge in [-0.15, -0.1) is 23.5 Å². The van der Waals surface area contributed by atoms with Crippen molar-refractivity contribution in [3.63, 3.8) is 0 Å². The largest absolute Gasteiger partial charge is 0.460 e. The number of nitrogens with zero attached hydrogens (tertiary/aromatic N) is 6. The Morgan fingerprint density at radius 2 is 0.802 bits per heavy atom. The summed E-state index contributed by atoms with van der Waals surface area (Å²) in [5, 5.41) is 24.2. The number of rotatable bonds is 18. The molecule has 0 radical (unpaired) electrons. The molecule has 0 saturated carbocycles. The van der Waals surface area contributed by atoms with Gasteiger partial charge in [-0.3, -0.25) is 39.8 Å². The molecule has 101 heavy (non-hydrogen) atoms. The second kappa shape index (κ2) is 33.1. The Morgan fingerprint density at radius 3 is 1.15 bits per heavy atom. The standard InChI is InChI=1S/C20H25FN2O6S.C20H27FN2O4S.C14H16FN3O4S.C14H17FN2O2S/c1-19(2,3)29-18(24)8-17-22-20(11-28-16(9-27-4)14(20)10-30-17)13-7-12(23(25)26)5-6-15(13)21;1-19(2,3)27-18(24)8-17-23-20(13-7-12(22)5-6-15(13)21)11-26-16(9-25-4)14(20)10-28-17;1-21-5-12-10-6-23-13(16)17-14(10,7-22-12)9-4-8(18(19)20)2-3-11(9)15;1-18-6-12-10-7-20-13(16)17-14(10,8-19-12)9-4-2-3-5-11(9)15/h5-7,14,16H,8-11H2,1-4H3;5-7,14,16H,8-11,22H2,1-4H3;2-4,10,12H,5-7H2,1H3,(H2,16,17);2-5,10,12H,6-8H2,1H3,(H2,16,17)/t2*14-,16-,20?;2*10-,12-,14?/m1111/s1. The second-order valence-electron chi connectivity index (χ2n) is 27.1. The maximum atomic E-state index is 14.9. The van der Waals surface area contributed by atoms with Gasteiger partial charge in [-0.05, 0) is 77.9 Å². The van der Waals surface area contributed by atoms with E-state index in [2.05, 4.69) is 9.98 Å². The summed E-state index contributed by atoms with van der Waals surface area (Å²) in [4.78, 5) is 64.4. The first kappa shape index (κ1) is 78.6. The molecule has 8 heterocycles. The molecule has 4 saturated heterocycles. The Bertz CT molecular complexity index is 3820. The lowest BCUT2D eigenvalue weighted by atomic mass is 9.78. The summed E-state index contributed by atoms with van der Waals surface area (Å²) in [5.74, 6) is -0.529. The van der Waals surface area contributed by atoms with Crippen molar-refractivity contribution in [1.29, 1.82) is 0 Å². The summed E-state index contributed by atoms with van der Waals surface area (Å²) in [6.45, 7) is 13.0. The molecule has 0 amide bonds. The van der Waals surface area contributed by atoms with E-state index >= 15 is 0 Å². The topological polar surface area (TPSA) is 340 Å². The maximum absolute atomic E-state index is 14.9. The normalized spacial score (nSPS) is 28.6. The molecule has 4 unspecified atom stereocenters. The molecule has 33 heteroatoms. The molecule has 550 valence electrons. The van der Waals surface area contributed by atoms with E-state index in [9.17, 15) is 47.4 Å². The van der Waals surface area contributed by atoms with Crippen LogP contribution in [-0.4, -0.2) is 182 Å². The molecule has 0 spiro atoms. The van der Waals surface area contributed by atoms with Gasteiger partial charge in [-0.25, -0.2) is 27.5 Å². The molecule has 0 aromatic heterocycles. The Kier molecular flexibility index (Phi) is 25.8. The van der Waals surface area contributed by atoms with Crippen molar-refractivity contribution in [2.45, 2.75) is 112 Å². The summed E-state index contributed by atoms with van der Waals surface area (Å²) in [6, 6.07) is 18.1. The lowest BCUT2D eigenvalue weighted by molar-refractivity contribution is -0.385. The average Bonchev–Trinajstić information content (AvgIpc) is 1.66. The summed E-state index contributed by atoms with van der Waals surface area (Å²) in [7, 11) is 6.35. The van der Waals surface area contributed by atoms with Gasteiger partial charge in [0.2, 0.25) is 0 Å². The Morgan fingerprint density at radius 1 is 0.485 bits per heavy atom. The van der Waals surface area contributed by atoms with Crippen molar-refractivity contribution in [2.75, 3.05) is 110 Å². The van der Waals surface area contributed by atoms with Crippen LogP contribution in [-0.2, 0) is 79.1 Å². The van der Waals surface area contributed by atoms with Gasteiger partial charge in [0, 0.05) is 127 Å². The number of methoxy groups -OCH3 is 4. The molecule has 0 aliphatic carbocycles. The fourth-order valence-electron chi connectivity index (χ4n) is 13.6. The van der Waals surface area contributed by atoms with E-state index in [1.807, 2.05) is 26.8 Å². The molecule has 4 aromatic rings. The third-order valence-electron chi connectivity index (χ3n) is 18.1. The van der Waals surface area contributed by atoms with Crippen molar-refractivity contribution >= 4 is 96.5 Å². The zero-order valence-electron chi connectivity index (χ0n) is 57.6. The van der Waals surface area contributed by atoms with E-state index in [1.165, 1.54) is 77.4 Å². The lowest BCUT2D eigenvalue weighted by Crippen LogP contribution is -2.43. The van der Waals surface area contributed by atoms with E-state index < -0.39 is 60.8 Å². The number of nitrogens with two attached hydrogens (primary N) is 3. The second-order valence-corrected chi connectivity index (χ2v) is 31.4. The van der Waals surface area contributed by atoms with Gasteiger partial charge in [0.1, 0.15) is 56.6 Å². The van der Waals surface area contributed by atoms with Crippen LogP contribution in [0.2, 0.25) is 0 Å². The van der Waals surface area contributed by atoms with Crippen LogP contribution in [0.25, 0.3) is 0 Å². The van der Waals surface area contributed by atoms with Crippen LogP contribution in [0.4, 0.5) is 34.6 Å². The minimum Gasteiger partial charge on any atom is -0.460 e. The molecule has 8 aliphatic rings. The van der Waals surface area contributed by atoms with E-state index in [-0.39, 0.29) is 121 Å². The number of esters is 2. The molecule has 4 aromatic carbocycles. The minimum absolute atomic E-state index is 0.0438. The van der Waals surface area contributed by atoms with Gasteiger partial charge >= 0.3 is 11.9 Å². The maximum Gasteiger partial charge on any atom is 0.312 e. The number of hydrogen-bond donors (Lipinski definition) is 3. The van der Waals surface area contributed by atoms with Crippen molar-refractivity contribution in [3.05, 3.63) is 145 Å². The van der Waals surface area contributed by atoms with Crippen LogP contribution >= 0.6 is 47.0 Å². The molecule has 8 aliphatic heterocycles. The first-order valence-corrected chi connectivity index (χ1v) is 36.2. The van der Waals surface area contributed by atoms with Crippen molar-refractivity contribution in [2.24, 2.45) is 55.1 Å². The van der Waals surface area contributed by atoms with E-state index in [0.29, 0.717) is 87.5 Å². The number of aliphatic imine (C=N–C) groups is 4. The molecular weight excluding hydrogens is 1400 g/mol. The Labute approximate surface area is 599 Å². The van der Waals surface area contributed by atoms with Crippen molar-refractivity contribution < 1.29 is 84.4 Å². The fourth-order valence-corrected chi connectivity index (χ4v) is 18.4. The van der Waals surface area contributed by atoms with Crippen LogP contribution in [0, 0.1) is 67.2 Å². The summed E-state index contributed by atoms with van der Waals surface area (Å²) in [6.07, 6.45) is -0.887. The monoisotopic (exact) mass is 1490 g/mol. The summed E-state index contributed by atoms with van der Waals surface area (Å²) in [5.41, 5.74) is 13.9. The number of anilines is 1. The van der Waals surface area contributed by atoms with Gasteiger partial charge in [0.15, 0.2) is 10.3 Å². The molecule has 12 atom stereocenters. The Balaban J connectivity index is 0.000000158. The van der Waals surface area contributed by atoms with Crippen LogP contribution in [0.5, 0.6) is 0 Å². The van der Waals surface area contributed by atoms with Crippen LogP contribution < -0.4 is 17.2 Å². The minimum atomic E-state index is -1.16. The van der Waals surface area contributed by atoms with Crippen LogP contribution in [0.1, 0.15) is 76.6 Å². The SMILES string of the molecule is COC[C@H]1OCC2(c3cc(N)ccc3F)N=C(CC(=O)OC(C)(C)C)SC[C@H]12.COC[C@H]1OCC2(c3cc([N+](=O)[O-])ccc3F)N=C(CC(=O)OC(C)(C)C)SC[C@H]12.COC[C@H]1OCC2(c3cc([N+](=O)[O-])ccc3F)N=C(N)SC[C@H]12.COC[C@H]1OCC2(c3ccccc3F)N=C(N)SC[C@H]12. The number of non-ortho nitro benzene ring substituents is 2. The number of thioether (sulfide) groups is 4. The third-order valence-corrected chi connectivity index (χ3v) is 22.1. The molecule has 0 bridgehead atoms. The fraction of sp³-hybridized carbons (Fsp3) is 0.559. The smallest absolute Gasteiger partial charge is 0.312 e. The van der Waals surface area contributed by atoms with Gasteiger partial charge < -0.3 is 64.6 Å². The van der Waals surface area contributed by atoms with E-state index in [4.69, 9.17) is 74.6 Å². The van der Waals surface area contributed by atoms with Gasteiger partial charge in [-0.1, -0.05) is 41.7 Å². The molecule has 25 nitrogen and oxygen atoms in total. The van der Waals surface area contributed by atoms with E-state index in [0.717, 1.165) is 30.0 Å². The number of halogens is 4. The highest BCUT2D eigenvalue weighted by molar-refractivity contribution is 8.14. The number of fused-ring (bicyclic) bond motifs is 4. The number of ether oxygens (including phenoxy) is 10. The zero-order chi connectivity index (χ0) is 73.4. The van der Waals surface area contributed by atoms with Gasteiger partial charge in [-0.2, -0.15) is 0 Å². The van der Waals surface area contributed by atoms with Crippen LogP contribution in [0.3, 0.4) is 0 Å². The number of carbonyl (C=O) groups excluding carboxylic acids is 2. The number of nitro groups is 2. The number of amidine groups is 2. The van der Waals surface area contributed by atoms with Gasteiger partial charge in [0.25, 0.3) is 11.4 Å². The highest BCUT2D eigenvalue weighted by Gasteiger charge is 2.58. The van der Waals surface area contributed by atoms with Crippen molar-refractivity contribution in [1.82, 2.24) is 0 Å². The first-order chi connectivity index (χ1) is 47.8. The quantitative estimate of drug-likeness (QED) is 0.0274. The highest BCUT2D eigenvalue weighted by atomic mass is 32.2. The predicted molar refractivity (Wildman–Crippen MR) is 379 cm³/mol. The number of nitro benzene ring substituents is 2. The zero-order valence-corrected chi connectivity index (χ0v) is 60.9. The summed E-state index contributed by atoms with van der Waals surface area (Å²) >= 11 is 5.74. The Hall–Kier alpha value is -6.50. The molecular formula is C68H85F4N9O16S4.